The van der Waals surface area contributed by atoms with E-state index in [1.54, 1.807) is 0 Å². The topological polar surface area (TPSA) is 75.4 Å². The van der Waals surface area contributed by atoms with E-state index < -0.39 is 23.8 Å². The predicted octanol–water partition coefficient (Wildman–Crippen LogP) is 4.05. The first-order valence-corrected chi connectivity index (χ1v) is 8.45. The molecule has 2 aromatic rings. The Morgan fingerprint density at radius 2 is 1.96 bits per heavy atom. The summed E-state index contributed by atoms with van der Waals surface area (Å²) >= 11 is 6.14. The van der Waals surface area contributed by atoms with E-state index in [0.717, 1.165) is 25.0 Å². The Hall–Kier alpha value is -2.06. The van der Waals surface area contributed by atoms with Gasteiger partial charge in [0.05, 0.1) is 11.7 Å². The zero-order chi connectivity index (χ0) is 18.9. The molecule has 140 valence electrons. The summed E-state index contributed by atoms with van der Waals surface area (Å²) in [7, 11) is 0. The first kappa shape index (κ1) is 18.7. The molecule has 0 bridgehead atoms. The van der Waals surface area contributed by atoms with Crippen LogP contribution < -0.4 is 5.32 Å². The average Bonchev–Trinajstić information content (AvgIpc) is 2.96. The molecule has 1 aromatic carbocycles. The van der Waals surface area contributed by atoms with Gasteiger partial charge in [0.1, 0.15) is 5.02 Å². The van der Waals surface area contributed by atoms with Crippen LogP contribution in [0.4, 0.5) is 13.2 Å². The van der Waals surface area contributed by atoms with Crippen molar-refractivity contribution in [3.05, 3.63) is 40.5 Å². The number of halogens is 4. The second-order valence-corrected chi connectivity index (χ2v) is 6.62. The molecule has 1 aromatic heterocycles. The normalized spacial score (nSPS) is 20.8. The van der Waals surface area contributed by atoms with Crippen LogP contribution in [0.15, 0.2) is 28.8 Å². The molecule has 1 heterocycles. The molecule has 1 fully saturated rings. The molecule has 1 aliphatic carbocycles. The molecule has 0 unspecified atom stereocenters. The number of alkyl halides is 3. The van der Waals surface area contributed by atoms with Crippen molar-refractivity contribution < 1.29 is 27.6 Å². The van der Waals surface area contributed by atoms with Crippen LogP contribution in [0.25, 0.3) is 11.3 Å². The predicted molar refractivity (Wildman–Crippen MR) is 87.7 cm³/mol. The largest absolute Gasteiger partial charge is 0.416 e. The Labute approximate surface area is 152 Å². The van der Waals surface area contributed by atoms with Gasteiger partial charge in [-0.05, 0) is 37.8 Å². The van der Waals surface area contributed by atoms with Gasteiger partial charge < -0.3 is 14.9 Å². The Kier molecular flexibility index (Phi) is 5.24. The van der Waals surface area contributed by atoms with Crippen LogP contribution >= 0.6 is 11.6 Å². The molecule has 0 spiro atoms. The third-order valence-corrected chi connectivity index (χ3v) is 4.66. The number of aliphatic hydroxyl groups is 1. The highest BCUT2D eigenvalue weighted by Crippen LogP contribution is 2.34. The van der Waals surface area contributed by atoms with E-state index in [4.69, 9.17) is 16.1 Å². The van der Waals surface area contributed by atoms with E-state index in [9.17, 15) is 23.1 Å². The summed E-state index contributed by atoms with van der Waals surface area (Å²) < 4.78 is 43.0. The number of carbonyl (C=O) groups excluding carboxylic acids is 1. The Morgan fingerprint density at radius 1 is 1.27 bits per heavy atom. The molecule has 3 rings (SSSR count). The maximum atomic E-state index is 12.6. The van der Waals surface area contributed by atoms with Crippen LogP contribution in [0.5, 0.6) is 0 Å². The van der Waals surface area contributed by atoms with E-state index in [1.807, 2.05) is 0 Å². The summed E-state index contributed by atoms with van der Waals surface area (Å²) in [6.45, 7) is 0. The summed E-state index contributed by atoms with van der Waals surface area (Å²) in [5.74, 6) is -0.523. The van der Waals surface area contributed by atoms with Crippen molar-refractivity contribution in [3.63, 3.8) is 0 Å². The Bertz CT molecular complexity index is 790. The van der Waals surface area contributed by atoms with E-state index >= 15 is 0 Å². The lowest BCUT2D eigenvalue weighted by Crippen LogP contribution is -2.40. The number of nitrogens with zero attached hydrogens (tertiary/aromatic N) is 1. The Balaban J connectivity index is 1.76. The van der Waals surface area contributed by atoms with Crippen LogP contribution in [0.2, 0.25) is 5.02 Å². The third kappa shape index (κ3) is 4.02. The highest BCUT2D eigenvalue weighted by atomic mass is 35.5. The molecule has 5 nitrogen and oxygen atoms in total. The second-order valence-electron chi connectivity index (χ2n) is 6.24. The van der Waals surface area contributed by atoms with Gasteiger partial charge in [-0.25, -0.2) is 0 Å². The second kappa shape index (κ2) is 7.28. The van der Waals surface area contributed by atoms with E-state index in [0.29, 0.717) is 12.8 Å². The van der Waals surface area contributed by atoms with Gasteiger partial charge in [0.15, 0.2) is 11.5 Å². The van der Waals surface area contributed by atoms with Gasteiger partial charge in [-0.2, -0.15) is 13.2 Å². The molecule has 0 saturated heterocycles. The zero-order valence-electron chi connectivity index (χ0n) is 13.5. The van der Waals surface area contributed by atoms with Crippen molar-refractivity contribution in [2.24, 2.45) is 0 Å². The van der Waals surface area contributed by atoms with Gasteiger partial charge >= 0.3 is 6.18 Å². The molecular formula is C17H16ClF3N2O3. The number of aliphatic hydroxyl groups excluding tert-OH is 1. The first-order valence-electron chi connectivity index (χ1n) is 8.07. The van der Waals surface area contributed by atoms with Crippen molar-refractivity contribution in [1.29, 1.82) is 0 Å². The van der Waals surface area contributed by atoms with Gasteiger partial charge in [-0.15, -0.1) is 0 Å². The number of benzene rings is 1. The van der Waals surface area contributed by atoms with Gasteiger partial charge in [0.2, 0.25) is 0 Å². The van der Waals surface area contributed by atoms with Gasteiger partial charge in [0.25, 0.3) is 5.91 Å². The van der Waals surface area contributed by atoms with Crippen LogP contribution in [-0.2, 0) is 6.18 Å². The van der Waals surface area contributed by atoms with Gasteiger partial charge in [-0.3, -0.25) is 4.79 Å². The third-order valence-electron chi connectivity index (χ3n) is 4.31. The van der Waals surface area contributed by atoms with Crippen LogP contribution in [0, 0.1) is 0 Å². The maximum Gasteiger partial charge on any atom is 0.416 e. The fourth-order valence-corrected chi connectivity index (χ4v) is 3.22. The van der Waals surface area contributed by atoms with Crippen LogP contribution in [0.1, 0.15) is 41.7 Å². The standard InChI is InChI=1S/C17H16ClF3N2O3/c18-13-14(16(25)22-11-2-1-3-12(24)8-11)23-26-15(13)9-4-6-10(7-5-9)17(19,20)21/h4-7,11-12,24H,1-3,8H2,(H,22,25)/t11-,12+/m0/s1. The molecule has 0 radical (unpaired) electrons. The number of amides is 1. The van der Waals surface area contributed by atoms with E-state index in [2.05, 4.69) is 10.5 Å². The number of hydrogen-bond acceptors (Lipinski definition) is 4. The summed E-state index contributed by atoms with van der Waals surface area (Å²) in [5.41, 5.74) is -0.657. The number of hydrogen-bond donors (Lipinski definition) is 2. The lowest BCUT2D eigenvalue weighted by Gasteiger charge is -2.26. The van der Waals surface area contributed by atoms with E-state index in [1.165, 1.54) is 12.1 Å². The summed E-state index contributed by atoms with van der Waals surface area (Å²) in [5, 5.41) is 16.0. The fourth-order valence-electron chi connectivity index (χ4n) is 2.96. The number of aromatic nitrogens is 1. The summed E-state index contributed by atoms with van der Waals surface area (Å²) in [4.78, 5) is 12.3. The molecule has 2 N–H and O–H groups in total. The number of rotatable bonds is 3. The number of carbonyl (C=O) groups is 1. The van der Waals surface area contributed by atoms with E-state index in [-0.39, 0.29) is 28.1 Å². The Morgan fingerprint density at radius 3 is 2.58 bits per heavy atom. The maximum absolute atomic E-state index is 12.6. The highest BCUT2D eigenvalue weighted by molar-refractivity contribution is 6.35. The van der Waals surface area contributed by atoms with Gasteiger partial charge in [0, 0.05) is 11.6 Å². The monoisotopic (exact) mass is 388 g/mol. The van der Waals surface area contributed by atoms with Crippen molar-refractivity contribution in [1.82, 2.24) is 10.5 Å². The first-order chi connectivity index (χ1) is 12.3. The minimum atomic E-state index is -4.45. The molecule has 9 heteroatoms. The minimum absolute atomic E-state index is 0.0224. The van der Waals surface area contributed by atoms with Crippen LogP contribution in [0.3, 0.4) is 0 Å². The molecule has 2 atom stereocenters. The number of nitrogens with one attached hydrogen (secondary N) is 1. The molecule has 1 aliphatic rings. The summed E-state index contributed by atoms with van der Waals surface area (Å²) in [6.07, 6.45) is -2.20. The quantitative estimate of drug-likeness (QED) is 0.831. The lowest BCUT2D eigenvalue weighted by molar-refractivity contribution is -0.137. The molecule has 0 aliphatic heterocycles. The fraction of sp³-hybridized carbons (Fsp3) is 0.412. The lowest BCUT2D eigenvalue weighted by atomic mass is 9.93. The van der Waals surface area contributed by atoms with Crippen LogP contribution in [-0.4, -0.2) is 28.3 Å². The SMILES string of the molecule is O=C(N[C@H]1CCC[C@@H](O)C1)c1noc(-c2ccc(C(F)(F)F)cc2)c1Cl. The molecular weight excluding hydrogens is 373 g/mol. The zero-order valence-corrected chi connectivity index (χ0v) is 14.3. The minimum Gasteiger partial charge on any atom is -0.393 e. The van der Waals surface area contributed by atoms with Crippen molar-refractivity contribution in [2.75, 3.05) is 0 Å². The van der Waals surface area contributed by atoms with Crippen molar-refractivity contribution in [2.45, 2.75) is 44.0 Å². The average molecular weight is 389 g/mol. The molecule has 26 heavy (non-hydrogen) atoms. The molecule has 1 amide bonds. The van der Waals surface area contributed by atoms with Crippen molar-refractivity contribution in [3.8, 4) is 11.3 Å². The highest BCUT2D eigenvalue weighted by Gasteiger charge is 2.31. The smallest absolute Gasteiger partial charge is 0.393 e. The van der Waals surface area contributed by atoms with Crippen molar-refractivity contribution >= 4 is 17.5 Å². The molecule has 1 saturated carbocycles. The summed E-state index contributed by atoms with van der Waals surface area (Å²) in [6, 6.07) is 4.02. The van der Waals surface area contributed by atoms with Gasteiger partial charge in [-0.1, -0.05) is 28.9 Å².